The summed E-state index contributed by atoms with van der Waals surface area (Å²) in [6, 6.07) is 4.87. The van der Waals surface area contributed by atoms with E-state index in [0.29, 0.717) is 16.7 Å². The molecule has 0 heterocycles. The number of carboxylic acid groups (broad SMARTS) is 2. The van der Waals surface area contributed by atoms with Gasteiger partial charge < -0.3 is 10.2 Å². The molecule has 1 unspecified atom stereocenters. The Morgan fingerprint density at radius 1 is 1.30 bits per heavy atom. The fraction of sp³-hybridized carbons (Fsp3) is 0.214. The number of carbonyl (C=O) groups is 3. The second kappa shape index (κ2) is 7.00. The topological polar surface area (TPSA) is 91.7 Å². The molecule has 0 radical (unpaired) electrons. The Kier molecular flexibility index (Phi) is 5.64. The van der Waals surface area contributed by atoms with Crippen molar-refractivity contribution in [1.82, 2.24) is 0 Å². The van der Waals surface area contributed by atoms with E-state index in [9.17, 15) is 14.4 Å². The molecule has 1 atom stereocenters. The van der Waals surface area contributed by atoms with Gasteiger partial charge >= 0.3 is 11.9 Å². The van der Waals surface area contributed by atoms with Crippen LogP contribution in [0.25, 0.3) is 6.08 Å². The van der Waals surface area contributed by atoms with Crippen LogP contribution < -0.4 is 0 Å². The van der Waals surface area contributed by atoms with Crippen molar-refractivity contribution in [3.63, 3.8) is 0 Å². The molecule has 1 rings (SSSR count). The Balaban J connectivity index is 3.39. The van der Waals surface area contributed by atoms with Crippen molar-refractivity contribution >= 4 is 39.7 Å². The molecule has 0 bridgehead atoms. The third kappa shape index (κ3) is 4.31. The van der Waals surface area contributed by atoms with Crippen LogP contribution in [-0.2, 0) is 20.8 Å². The van der Waals surface area contributed by atoms with Crippen LogP contribution in [0.5, 0.6) is 0 Å². The van der Waals surface area contributed by atoms with Gasteiger partial charge in [-0.2, -0.15) is 0 Å². The van der Waals surface area contributed by atoms with Gasteiger partial charge in [-0.05, 0) is 29.7 Å². The quantitative estimate of drug-likeness (QED) is 0.612. The third-order valence-electron chi connectivity index (χ3n) is 2.59. The molecule has 106 valence electrons. The number of hydrogen-bond acceptors (Lipinski definition) is 3. The summed E-state index contributed by atoms with van der Waals surface area (Å²) in [4.78, 5) is 32.3. The zero-order valence-electron chi connectivity index (χ0n) is 10.7. The molecule has 0 fully saturated rings. The van der Waals surface area contributed by atoms with Crippen LogP contribution in [0.1, 0.15) is 28.4 Å². The van der Waals surface area contributed by atoms with Crippen molar-refractivity contribution < 1.29 is 24.6 Å². The lowest BCUT2D eigenvalue weighted by molar-refractivity contribution is -0.136. The van der Waals surface area contributed by atoms with E-state index in [1.54, 1.807) is 18.2 Å². The van der Waals surface area contributed by atoms with Crippen LogP contribution >= 0.6 is 15.9 Å². The second-order valence-electron chi connectivity index (χ2n) is 4.14. The van der Waals surface area contributed by atoms with Crippen LogP contribution in [0.4, 0.5) is 0 Å². The van der Waals surface area contributed by atoms with Crippen molar-refractivity contribution in [2.24, 2.45) is 0 Å². The van der Waals surface area contributed by atoms with E-state index >= 15 is 0 Å². The SMILES string of the molecule is CC(=O)C(Br)c1c(C=CC(=O)O)cccc1CC(=O)O. The third-order valence-corrected chi connectivity index (χ3v) is 3.69. The minimum atomic E-state index is -1.12. The molecule has 20 heavy (non-hydrogen) atoms. The van der Waals surface area contributed by atoms with Crippen molar-refractivity contribution in [3.8, 4) is 0 Å². The first-order valence-electron chi connectivity index (χ1n) is 5.72. The number of carbonyl (C=O) groups excluding carboxylic acids is 1. The lowest BCUT2D eigenvalue weighted by Gasteiger charge is -2.15. The average Bonchev–Trinajstić information content (AvgIpc) is 2.34. The average molecular weight is 341 g/mol. The van der Waals surface area contributed by atoms with Gasteiger partial charge in [-0.25, -0.2) is 4.79 Å². The number of rotatable bonds is 6. The number of aliphatic carboxylic acids is 2. The van der Waals surface area contributed by atoms with E-state index in [4.69, 9.17) is 10.2 Å². The molecule has 0 aromatic heterocycles. The summed E-state index contributed by atoms with van der Waals surface area (Å²) in [5.74, 6) is -2.32. The van der Waals surface area contributed by atoms with E-state index in [1.807, 2.05) is 0 Å². The minimum absolute atomic E-state index is 0.187. The predicted molar refractivity (Wildman–Crippen MR) is 76.8 cm³/mol. The summed E-state index contributed by atoms with van der Waals surface area (Å²) in [6.45, 7) is 1.38. The Labute approximate surface area is 124 Å². The largest absolute Gasteiger partial charge is 0.481 e. The zero-order chi connectivity index (χ0) is 15.3. The number of halogens is 1. The molecule has 1 aromatic rings. The maximum Gasteiger partial charge on any atom is 0.328 e. The van der Waals surface area contributed by atoms with Gasteiger partial charge in [0, 0.05) is 6.08 Å². The Hall–Kier alpha value is -1.95. The van der Waals surface area contributed by atoms with Crippen molar-refractivity contribution in [2.45, 2.75) is 18.2 Å². The van der Waals surface area contributed by atoms with Crippen LogP contribution in [0.15, 0.2) is 24.3 Å². The molecular weight excluding hydrogens is 328 g/mol. The van der Waals surface area contributed by atoms with Crippen molar-refractivity contribution in [1.29, 1.82) is 0 Å². The number of benzene rings is 1. The Morgan fingerprint density at radius 3 is 2.45 bits per heavy atom. The number of carboxylic acids is 2. The first-order valence-corrected chi connectivity index (χ1v) is 6.63. The molecule has 2 N–H and O–H groups in total. The number of ketones is 1. The van der Waals surface area contributed by atoms with E-state index in [2.05, 4.69) is 15.9 Å². The summed E-state index contributed by atoms with van der Waals surface area (Å²) in [6.07, 6.45) is 2.06. The zero-order valence-corrected chi connectivity index (χ0v) is 12.3. The van der Waals surface area contributed by atoms with Crippen LogP contribution in [-0.4, -0.2) is 27.9 Å². The second-order valence-corrected chi connectivity index (χ2v) is 5.05. The summed E-state index contributed by atoms with van der Waals surface area (Å²) >= 11 is 3.23. The molecule has 0 aliphatic carbocycles. The maximum absolute atomic E-state index is 11.5. The molecule has 0 saturated heterocycles. The molecule has 6 heteroatoms. The number of Topliss-reactive ketones (excluding diaryl/α,β-unsaturated/α-hetero) is 1. The standard InChI is InChI=1S/C14H13BrO5/c1-8(16)14(15)13-9(5-6-11(17)18)3-2-4-10(13)7-12(19)20/h2-6,14H,7H2,1H3,(H,17,18)(H,19,20). The highest BCUT2D eigenvalue weighted by molar-refractivity contribution is 9.09. The number of hydrogen-bond donors (Lipinski definition) is 2. The van der Waals surface area contributed by atoms with Crippen molar-refractivity contribution in [3.05, 3.63) is 41.0 Å². The van der Waals surface area contributed by atoms with E-state index in [1.165, 1.54) is 13.0 Å². The summed E-state index contributed by atoms with van der Waals surface area (Å²) in [7, 11) is 0. The van der Waals surface area contributed by atoms with Gasteiger partial charge in [0.1, 0.15) is 5.78 Å². The fourth-order valence-electron chi connectivity index (χ4n) is 1.77. The highest BCUT2D eigenvalue weighted by Crippen LogP contribution is 2.31. The molecule has 0 saturated carbocycles. The van der Waals surface area contributed by atoms with Gasteiger partial charge in [-0.15, -0.1) is 0 Å². The lowest BCUT2D eigenvalue weighted by Crippen LogP contribution is -2.10. The lowest BCUT2D eigenvalue weighted by atomic mass is 9.94. The highest BCUT2D eigenvalue weighted by Gasteiger charge is 2.20. The predicted octanol–water partition coefficient (Wildman–Crippen LogP) is 2.44. The molecular formula is C14H13BrO5. The van der Waals surface area contributed by atoms with E-state index < -0.39 is 16.8 Å². The van der Waals surface area contributed by atoms with Crippen LogP contribution in [0.3, 0.4) is 0 Å². The van der Waals surface area contributed by atoms with Gasteiger partial charge in [-0.1, -0.05) is 34.1 Å². The maximum atomic E-state index is 11.5. The van der Waals surface area contributed by atoms with E-state index in [-0.39, 0.29) is 12.2 Å². The highest BCUT2D eigenvalue weighted by atomic mass is 79.9. The molecule has 0 amide bonds. The Bertz CT molecular complexity index is 577. The monoisotopic (exact) mass is 340 g/mol. The molecule has 5 nitrogen and oxygen atoms in total. The van der Waals surface area contributed by atoms with Gasteiger partial charge in [0.25, 0.3) is 0 Å². The van der Waals surface area contributed by atoms with Gasteiger partial charge in [0.15, 0.2) is 0 Å². The molecule has 0 aliphatic heterocycles. The summed E-state index contributed by atoms with van der Waals surface area (Å²) in [5.41, 5.74) is 1.46. The van der Waals surface area contributed by atoms with Gasteiger partial charge in [0.05, 0.1) is 11.2 Å². The molecule has 1 aromatic carbocycles. The fourth-order valence-corrected chi connectivity index (χ4v) is 2.33. The van der Waals surface area contributed by atoms with Gasteiger partial charge in [0.2, 0.25) is 0 Å². The van der Waals surface area contributed by atoms with Crippen LogP contribution in [0, 0.1) is 0 Å². The van der Waals surface area contributed by atoms with Gasteiger partial charge in [-0.3, -0.25) is 9.59 Å². The van der Waals surface area contributed by atoms with Crippen molar-refractivity contribution in [2.75, 3.05) is 0 Å². The first-order chi connectivity index (χ1) is 9.32. The molecule has 0 aliphatic rings. The smallest absolute Gasteiger partial charge is 0.328 e. The summed E-state index contributed by atoms with van der Waals surface area (Å²) < 4.78 is 0. The normalized spacial score (nSPS) is 12.3. The van der Waals surface area contributed by atoms with E-state index in [0.717, 1.165) is 6.08 Å². The van der Waals surface area contributed by atoms with Crippen LogP contribution in [0.2, 0.25) is 0 Å². The Morgan fingerprint density at radius 2 is 1.95 bits per heavy atom. The first kappa shape index (κ1) is 16.1. The molecule has 0 spiro atoms. The minimum Gasteiger partial charge on any atom is -0.481 e. The summed E-state index contributed by atoms with van der Waals surface area (Å²) in [5, 5.41) is 17.6. The number of alkyl halides is 1.